The summed E-state index contributed by atoms with van der Waals surface area (Å²) in [4.78, 5) is 9.51. The van der Waals surface area contributed by atoms with Crippen molar-refractivity contribution in [3.63, 3.8) is 0 Å². The van der Waals surface area contributed by atoms with Crippen molar-refractivity contribution in [1.29, 1.82) is 0 Å². The maximum Gasteiger partial charge on any atom is 0.0110 e. The third-order valence-electron chi connectivity index (χ3n) is 4.87. The van der Waals surface area contributed by atoms with Gasteiger partial charge in [0.1, 0.15) is 0 Å². The third kappa shape index (κ3) is 14.6. The van der Waals surface area contributed by atoms with E-state index in [1.807, 2.05) is 0 Å². The first-order valence-corrected chi connectivity index (χ1v) is 10.7. The molecule has 0 radical (unpaired) electrons. The van der Waals surface area contributed by atoms with Gasteiger partial charge in [0.25, 0.3) is 0 Å². The zero-order chi connectivity index (χ0) is 21.0. The molecular weight excluding hydrogens is 356 g/mol. The molecule has 0 saturated heterocycles. The molecule has 0 amide bonds. The highest BCUT2D eigenvalue weighted by Gasteiger charge is 2.13. The van der Waals surface area contributed by atoms with Gasteiger partial charge in [-0.05, 0) is 0 Å². The first-order valence-electron chi connectivity index (χ1n) is 10.7. The summed E-state index contributed by atoms with van der Waals surface area (Å²) in [5.41, 5.74) is 34.4. The average Bonchev–Trinajstić information content (AvgIpc) is 2.68. The molecule has 0 aliphatic carbocycles. The van der Waals surface area contributed by atoms with Crippen molar-refractivity contribution < 1.29 is 0 Å². The van der Waals surface area contributed by atoms with Gasteiger partial charge in [0, 0.05) is 118 Å². The monoisotopic (exact) mass is 404 g/mol. The van der Waals surface area contributed by atoms with E-state index in [2.05, 4.69) is 19.6 Å². The fourth-order valence-corrected chi connectivity index (χ4v) is 3.29. The second-order valence-corrected chi connectivity index (χ2v) is 7.10. The molecule has 0 atom stereocenters. The molecule has 0 aromatic carbocycles. The van der Waals surface area contributed by atoms with Crippen LogP contribution in [-0.4, -0.2) is 137 Å². The molecular formula is C18H48N10. The van der Waals surface area contributed by atoms with Gasteiger partial charge in [0.2, 0.25) is 0 Å². The number of hydrogen-bond donors (Lipinski definition) is 6. The smallest absolute Gasteiger partial charge is 0.0110 e. The summed E-state index contributed by atoms with van der Waals surface area (Å²) < 4.78 is 0. The molecule has 0 heterocycles. The molecule has 0 spiro atoms. The molecule has 0 aromatic heterocycles. The van der Waals surface area contributed by atoms with Gasteiger partial charge in [-0.15, -0.1) is 0 Å². The van der Waals surface area contributed by atoms with Crippen molar-refractivity contribution in [1.82, 2.24) is 19.6 Å². The lowest BCUT2D eigenvalue weighted by molar-refractivity contribution is 0.160. The van der Waals surface area contributed by atoms with E-state index in [1.54, 1.807) is 0 Å². The normalized spacial score (nSPS) is 12.2. The minimum atomic E-state index is 0.654. The molecule has 10 heteroatoms. The fourth-order valence-electron chi connectivity index (χ4n) is 3.29. The van der Waals surface area contributed by atoms with E-state index >= 15 is 0 Å². The molecule has 0 aliphatic rings. The first kappa shape index (κ1) is 27.6. The third-order valence-corrected chi connectivity index (χ3v) is 4.87. The van der Waals surface area contributed by atoms with Gasteiger partial charge in [-0.1, -0.05) is 0 Å². The maximum absolute atomic E-state index is 5.74. The Morgan fingerprint density at radius 1 is 0.250 bits per heavy atom. The molecule has 0 bridgehead atoms. The highest BCUT2D eigenvalue weighted by Crippen LogP contribution is 1.97. The SMILES string of the molecule is NCCN(CCN)CCN(CCN(CCN)CCN)CCN(CCN)CCN. The minimum absolute atomic E-state index is 0.654. The van der Waals surface area contributed by atoms with E-state index in [0.29, 0.717) is 39.3 Å². The number of hydrogen-bond acceptors (Lipinski definition) is 10. The van der Waals surface area contributed by atoms with E-state index < -0.39 is 0 Å². The van der Waals surface area contributed by atoms with Crippen LogP contribution in [0.1, 0.15) is 0 Å². The van der Waals surface area contributed by atoms with Gasteiger partial charge < -0.3 is 34.4 Å². The molecule has 0 rings (SSSR count). The van der Waals surface area contributed by atoms with Crippen molar-refractivity contribution in [3.05, 3.63) is 0 Å². The second kappa shape index (κ2) is 19.9. The summed E-state index contributed by atoms with van der Waals surface area (Å²) in [6.07, 6.45) is 0. The molecule has 12 N–H and O–H groups in total. The Labute approximate surface area is 172 Å². The van der Waals surface area contributed by atoms with Crippen LogP contribution in [0.25, 0.3) is 0 Å². The maximum atomic E-state index is 5.74. The summed E-state index contributed by atoms with van der Waals surface area (Å²) in [7, 11) is 0. The number of nitrogens with zero attached hydrogens (tertiary/aromatic N) is 4. The Morgan fingerprint density at radius 3 is 0.536 bits per heavy atom. The van der Waals surface area contributed by atoms with Crippen LogP contribution in [0.5, 0.6) is 0 Å². The summed E-state index contributed by atoms with van der Waals surface area (Å²) >= 11 is 0. The van der Waals surface area contributed by atoms with Gasteiger partial charge in [0.05, 0.1) is 0 Å². The van der Waals surface area contributed by atoms with Crippen molar-refractivity contribution in [2.24, 2.45) is 34.4 Å². The highest BCUT2D eigenvalue weighted by molar-refractivity contribution is 4.70. The molecule has 0 aliphatic heterocycles. The Morgan fingerprint density at radius 2 is 0.393 bits per heavy atom. The van der Waals surface area contributed by atoms with Crippen molar-refractivity contribution in [2.45, 2.75) is 0 Å². The van der Waals surface area contributed by atoms with Crippen LogP contribution in [0, 0.1) is 0 Å². The Bertz CT molecular complexity index is 255. The van der Waals surface area contributed by atoms with Gasteiger partial charge in [-0.25, -0.2) is 0 Å². The molecule has 0 saturated carbocycles. The predicted octanol–water partition coefficient (Wildman–Crippen LogP) is -4.05. The van der Waals surface area contributed by atoms with Crippen LogP contribution in [0.4, 0.5) is 0 Å². The van der Waals surface area contributed by atoms with Crippen molar-refractivity contribution in [3.8, 4) is 0 Å². The van der Waals surface area contributed by atoms with E-state index in [0.717, 1.165) is 78.5 Å². The lowest BCUT2D eigenvalue weighted by Gasteiger charge is -2.31. The van der Waals surface area contributed by atoms with Crippen LogP contribution >= 0.6 is 0 Å². The minimum Gasteiger partial charge on any atom is -0.329 e. The zero-order valence-electron chi connectivity index (χ0n) is 18.0. The van der Waals surface area contributed by atoms with Gasteiger partial charge in [0.15, 0.2) is 0 Å². The summed E-state index contributed by atoms with van der Waals surface area (Å²) in [6, 6.07) is 0. The summed E-state index contributed by atoms with van der Waals surface area (Å²) in [5, 5.41) is 0. The average molecular weight is 405 g/mol. The molecule has 28 heavy (non-hydrogen) atoms. The molecule has 10 nitrogen and oxygen atoms in total. The molecule has 170 valence electrons. The summed E-state index contributed by atoms with van der Waals surface area (Å²) in [6.45, 7) is 15.1. The Kier molecular flexibility index (Phi) is 19.6. The van der Waals surface area contributed by atoms with Crippen LogP contribution in [0.15, 0.2) is 0 Å². The first-order chi connectivity index (χ1) is 13.6. The molecule has 0 unspecified atom stereocenters. The van der Waals surface area contributed by atoms with Crippen LogP contribution in [0.3, 0.4) is 0 Å². The number of nitrogens with two attached hydrogens (primary N) is 6. The Balaban J connectivity index is 4.72. The van der Waals surface area contributed by atoms with Gasteiger partial charge in [-0.2, -0.15) is 0 Å². The van der Waals surface area contributed by atoms with E-state index in [9.17, 15) is 0 Å². The second-order valence-electron chi connectivity index (χ2n) is 7.10. The molecule has 0 aromatic rings. The number of rotatable bonds is 21. The van der Waals surface area contributed by atoms with Crippen LogP contribution in [0.2, 0.25) is 0 Å². The molecule has 0 fully saturated rings. The quantitative estimate of drug-likeness (QED) is 0.111. The van der Waals surface area contributed by atoms with E-state index in [-0.39, 0.29) is 0 Å². The highest BCUT2D eigenvalue weighted by atomic mass is 15.2. The lowest BCUT2D eigenvalue weighted by Crippen LogP contribution is -2.46. The fraction of sp³-hybridized carbons (Fsp3) is 1.00. The largest absolute Gasteiger partial charge is 0.329 e. The summed E-state index contributed by atoms with van der Waals surface area (Å²) in [5.74, 6) is 0. The standard InChI is InChI=1S/C18H48N10/c19-1-7-25(8-2-20)13-16-28(17-14-26(9-3-21)10-4-22)18-15-27(11-5-23)12-6-24/h1-24H2. The van der Waals surface area contributed by atoms with Crippen LogP contribution < -0.4 is 34.4 Å². The zero-order valence-corrected chi connectivity index (χ0v) is 18.0. The van der Waals surface area contributed by atoms with Gasteiger partial charge in [-0.3, -0.25) is 19.6 Å². The topological polar surface area (TPSA) is 169 Å². The van der Waals surface area contributed by atoms with E-state index in [1.165, 1.54) is 0 Å². The van der Waals surface area contributed by atoms with Crippen LogP contribution in [-0.2, 0) is 0 Å². The van der Waals surface area contributed by atoms with E-state index in [4.69, 9.17) is 34.4 Å². The van der Waals surface area contributed by atoms with Gasteiger partial charge >= 0.3 is 0 Å². The van der Waals surface area contributed by atoms with Crippen molar-refractivity contribution in [2.75, 3.05) is 118 Å². The lowest BCUT2D eigenvalue weighted by atomic mass is 10.3. The predicted molar refractivity (Wildman–Crippen MR) is 120 cm³/mol. The Hall–Kier alpha value is -0.400. The van der Waals surface area contributed by atoms with Crippen molar-refractivity contribution >= 4 is 0 Å².